The quantitative estimate of drug-likeness (QED) is 0.669. The molecule has 20 heavy (non-hydrogen) atoms. The van der Waals surface area contributed by atoms with E-state index in [9.17, 15) is 10.1 Å². The number of hydrogen-bond acceptors (Lipinski definition) is 5. The van der Waals surface area contributed by atoms with Crippen molar-refractivity contribution in [1.82, 2.24) is 4.98 Å². The van der Waals surface area contributed by atoms with Gasteiger partial charge >= 0.3 is 5.69 Å². The van der Waals surface area contributed by atoms with Gasteiger partial charge in [0, 0.05) is 24.9 Å². The Kier molecular flexibility index (Phi) is 4.14. The zero-order chi connectivity index (χ0) is 14.5. The number of ether oxygens (including phenoxy) is 1. The summed E-state index contributed by atoms with van der Waals surface area (Å²) in [6.07, 6.45) is 1.67. The van der Waals surface area contributed by atoms with E-state index in [0.29, 0.717) is 5.82 Å². The largest absolute Gasteiger partial charge is 0.482 e. The predicted octanol–water partition coefficient (Wildman–Crippen LogP) is 2.92. The maximum absolute atomic E-state index is 11.0. The number of hydrogen-bond donors (Lipinski definition) is 1. The maximum Gasteiger partial charge on any atom is 0.311 e. The van der Waals surface area contributed by atoms with Crippen LogP contribution in [0.5, 0.6) is 5.75 Å². The van der Waals surface area contributed by atoms with E-state index in [1.165, 1.54) is 6.07 Å². The van der Waals surface area contributed by atoms with Gasteiger partial charge < -0.3 is 10.1 Å². The minimum Gasteiger partial charge on any atom is -0.482 e. The van der Waals surface area contributed by atoms with Crippen LogP contribution in [0.2, 0.25) is 0 Å². The first-order valence-corrected chi connectivity index (χ1v) is 6.11. The van der Waals surface area contributed by atoms with Crippen molar-refractivity contribution < 1.29 is 9.66 Å². The zero-order valence-electron chi connectivity index (χ0n) is 11.3. The topological polar surface area (TPSA) is 77.3 Å². The molecule has 0 spiro atoms. The van der Waals surface area contributed by atoms with Crippen LogP contribution in [-0.4, -0.2) is 17.0 Å². The second kappa shape index (κ2) is 6.01. The molecule has 0 saturated heterocycles. The van der Waals surface area contributed by atoms with Gasteiger partial charge in [0.25, 0.3) is 0 Å². The molecule has 0 atom stereocenters. The minimum absolute atomic E-state index is 0.0279. The third-order valence-corrected chi connectivity index (χ3v) is 2.82. The number of nitrogens with one attached hydrogen (secondary N) is 1. The van der Waals surface area contributed by atoms with Gasteiger partial charge in [-0.2, -0.15) is 0 Å². The molecular weight excluding hydrogens is 258 g/mol. The Morgan fingerprint density at radius 1 is 1.40 bits per heavy atom. The Hall–Kier alpha value is -2.63. The van der Waals surface area contributed by atoms with Crippen molar-refractivity contribution in [1.29, 1.82) is 0 Å². The van der Waals surface area contributed by atoms with Crippen LogP contribution in [0.1, 0.15) is 11.1 Å². The smallest absolute Gasteiger partial charge is 0.311 e. The van der Waals surface area contributed by atoms with Crippen LogP contribution >= 0.6 is 0 Å². The molecular formula is C14H15N3O3. The molecule has 1 N–H and O–H groups in total. The number of benzene rings is 1. The molecule has 0 aliphatic heterocycles. The maximum atomic E-state index is 11.0. The third kappa shape index (κ3) is 3.03. The lowest BCUT2D eigenvalue weighted by Crippen LogP contribution is -2.03. The average molecular weight is 273 g/mol. The van der Waals surface area contributed by atoms with Crippen LogP contribution in [-0.2, 0) is 6.61 Å². The molecule has 2 rings (SSSR count). The number of aromatic nitrogens is 1. The van der Waals surface area contributed by atoms with E-state index >= 15 is 0 Å². The normalized spacial score (nSPS) is 10.1. The third-order valence-electron chi connectivity index (χ3n) is 2.82. The second-order valence-corrected chi connectivity index (χ2v) is 4.28. The summed E-state index contributed by atoms with van der Waals surface area (Å²) in [6.45, 7) is 2.02. The molecule has 2 aromatic rings. The number of nitro groups is 1. The summed E-state index contributed by atoms with van der Waals surface area (Å²) < 4.78 is 5.56. The number of nitro benzene ring substituents is 1. The Labute approximate surface area is 116 Å². The second-order valence-electron chi connectivity index (χ2n) is 4.28. The van der Waals surface area contributed by atoms with Crippen molar-refractivity contribution >= 4 is 11.5 Å². The number of anilines is 1. The molecule has 0 saturated carbocycles. The van der Waals surface area contributed by atoms with Gasteiger partial charge in [0.1, 0.15) is 12.4 Å². The summed E-state index contributed by atoms with van der Waals surface area (Å²) in [5.74, 6) is 0.953. The summed E-state index contributed by atoms with van der Waals surface area (Å²) in [7, 11) is 1.76. The molecule has 104 valence electrons. The highest BCUT2D eigenvalue weighted by Gasteiger charge is 2.15. The van der Waals surface area contributed by atoms with Gasteiger partial charge in [-0.3, -0.25) is 10.1 Å². The van der Waals surface area contributed by atoms with E-state index in [2.05, 4.69) is 10.3 Å². The number of nitrogens with zero attached hydrogens (tertiary/aromatic N) is 2. The minimum atomic E-state index is -0.440. The first-order chi connectivity index (χ1) is 9.61. The van der Waals surface area contributed by atoms with Crippen molar-refractivity contribution in [2.75, 3.05) is 12.4 Å². The Morgan fingerprint density at radius 2 is 2.20 bits per heavy atom. The zero-order valence-corrected chi connectivity index (χ0v) is 11.3. The first-order valence-electron chi connectivity index (χ1n) is 6.11. The van der Waals surface area contributed by atoms with Gasteiger partial charge in [-0.15, -0.1) is 0 Å². The fourth-order valence-electron chi connectivity index (χ4n) is 1.83. The highest BCUT2D eigenvalue weighted by molar-refractivity contribution is 5.49. The molecule has 1 aromatic heterocycles. The summed E-state index contributed by atoms with van der Waals surface area (Å²) in [6, 6.07) is 8.55. The number of pyridine rings is 1. The number of aryl methyl sites for hydroxylation is 1. The SMILES string of the molecule is CNc1ncccc1COc1ccc(C)cc1[N+](=O)[O-]. The molecule has 6 nitrogen and oxygen atoms in total. The lowest BCUT2D eigenvalue weighted by molar-refractivity contribution is -0.386. The monoisotopic (exact) mass is 273 g/mol. The van der Waals surface area contributed by atoms with Crippen molar-refractivity contribution in [3.05, 3.63) is 57.8 Å². The van der Waals surface area contributed by atoms with Gasteiger partial charge in [-0.25, -0.2) is 4.98 Å². The number of rotatable bonds is 5. The molecule has 0 bridgehead atoms. The Morgan fingerprint density at radius 3 is 2.90 bits per heavy atom. The lowest BCUT2D eigenvalue weighted by atomic mass is 10.2. The van der Waals surface area contributed by atoms with Crippen LogP contribution in [0.3, 0.4) is 0 Å². The highest BCUT2D eigenvalue weighted by atomic mass is 16.6. The van der Waals surface area contributed by atoms with Gasteiger partial charge in [0.15, 0.2) is 5.75 Å². The van der Waals surface area contributed by atoms with Crippen molar-refractivity contribution in [3.63, 3.8) is 0 Å². The lowest BCUT2D eigenvalue weighted by Gasteiger charge is -2.10. The Bertz CT molecular complexity index is 629. The van der Waals surface area contributed by atoms with Gasteiger partial charge in [-0.1, -0.05) is 12.1 Å². The highest BCUT2D eigenvalue weighted by Crippen LogP contribution is 2.28. The molecule has 0 unspecified atom stereocenters. The van der Waals surface area contributed by atoms with Gasteiger partial charge in [0.2, 0.25) is 0 Å². The van der Waals surface area contributed by atoms with E-state index in [4.69, 9.17) is 4.74 Å². The molecule has 0 aliphatic rings. The summed E-state index contributed by atoms with van der Waals surface area (Å²) in [4.78, 5) is 14.7. The predicted molar refractivity (Wildman–Crippen MR) is 75.9 cm³/mol. The molecule has 0 fully saturated rings. The van der Waals surface area contributed by atoms with Crippen LogP contribution in [0, 0.1) is 17.0 Å². The van der Waals surface area contributed by atoms with Crippen molar-refractivity contribution in [3.8, 4) is 5.75 Å². The summed E-state index contributed by atoms with van der Waals surface area (Å²) in [5, 5.41) is 14.0. The fraction of sp³-hybridized carbons (Fsp3) is 0.214. The van der Waals surface area contributed by atoms with Gasteiger partial charge in [-0.05, 0) is 24.6 Å². The average Bonchev–Trinajstić information content (AvgIpc) is 2.46. The molecule has 6 heteroatoms. The van der Waals surface area contributed by atoms with E-state index < -0.39 is 4.92 Å². The summed E-state index contributed by atoms with van der Waals surface area (Å²) >= 11 is 0. The van der Waals surface area contributed by atoms with Crippen molar-refractivity contribution in [2.24, 2.45) is 0 Å². The summed E-state index contributed by atoms with van der Waals surface area (Å²) in [5.41, 5.74) is 1.63. The molecule has 1 aromatic carbocycles. The standard InChI is InChI=1S/C14H15N3O3/c1-10-5-6-13(12(8-10)17(18)19)20-9-11-4-3-7-16-14(11)15-2/h3-8H,9H2,1-2H3,(H,15,16). The van der Waals surface area contributed by atoms with Gasteiger partial charge in [0.05, 0.1) is 4.92 Å². The molecule has 1 heterocycles. The molecule has 0 aliphatic carbocycles. The first kappa shape index (κ1) is 13.8. The molecule has 0 amide bonds. The van der Waals surface area contributed by atoms with Crippen LogP contribution in [0.4, 0.5) is 11.5 Å². The Balaban J connectivity index is 2.21. The van der Waals surface area contributed by atoms with E-state index in [0.717, 1.165) is 11.1 Å². The fourth-order valence-corrected chi connectivity index (χ4v) is 1.83. The van der Waals surface area contributed by atoms with Crippen LogP contribution < -0.4 is 10.1 Å². The van der Waals surface area contributed by atoms with E-state index in [1.54, 1.807) is 38.4 Å². The molecule has 0 radical (unpaired) electrons. The van der Waals surface area contributed by atoms with Crippen molar-refractivity contribution in [2.45, 2.75) is 13.5 Å². The van der Waals surface area contributed by atoms with Crippen LogP contribution in [0.15, 0.2) is 36.5 Å². The van der Waals surface area contributed by atoms with Crippen LogP contribution in [0.25, 0.3) is 0 Å². The van der Waals surface area contributed by atoms with E-state index in [1.807, 2.05) is 6.07 Å². The van der Waals surface area contributed by atoms with E-state index in [-0.39, 0.29) is 18.0 Å².